The monoisotopic (exact) mass is 521 g/mol. The number of nitrogens with one attached hydrogen (secondary N) is 2. The number of nitrogens with zero attached hydrogens (tertiary/aromatic N) is 3. The number of anilines is 2. The van der Waals surface area contributed by atoms with Crippen LogP contribution in [0.5, 0.6) is 5.75 Å². The van der Waals surface area contributed by atoms with Crippen LogP contribution in [0.25, 0.3) is 0 Å². The number of hydrogen-bond acceptors (Lipinski definition) is 7. The van der Waals surface area contributed by atoms with Gasteiger partial charge in [-0.2, -0.15) is 0 Å². The Morgan fingerprint density at radius 1 is 1.05 bits per heavy atom. The number of unbranched alkanes of at least 4 members (excludes halogenated alkanes) is 1. The summed E-state index contributed by atoms with van der Waals surface area (Å²) in [7, 11) is 0. The number of benzene rings is 2. The lowest BCUT2D eigenvalue weighted by atomic mass is 10.1. The summed E-state index contributed by atoms with van der Waals surface area (Å²) in [5.74, 6) is 0.0202. The number of hydrogen-bond donors (Lipinski definition) is 2. The fraction of sp³-hybridized carbons (Fsp3) is 0.370. The quantitative estimate of drug-likeness (QED) is 0.342. The van der Waals surface area contributed by atoms with Crippen LogP contribution in [0.3, 0.4) is 0 Å². The Labute approximate surface area is 220 Å². The predicted molar refractivity (Wildman–Crippen MR) is 143 cm³/mol. The molecule has 3 amide bonds. The molecule has 0 aliphatic carbocycles. The van der Waals surface area contributed by atoms with Crippen molar-refractivity contribution in [2.24, 2.45) is 5.92 Å². The van der Waals surface area contributed by atoms with Gasteiger partial charge in [0.1, 0.15) is 10.8 Å². The first-order chi connectivity index (χ1) is 18.0. The highest BCUT2D eigenvalue weighted by Gasteiger charge is 2.33. The molecule has 1 aliphatic rings. The van der Waals surface area contributed by atoms with E-state index in [0.717, 1.165) is 30.0 Å². The lowest BCUT2D eigenvalue weighted by Crippen LogP contribution is -2.29. The van der Waals surface area contributed by atoms with Gasteiger partial charge >= 0.3 is 0 Å². The maximum atomic E-state index is 12.6. The normalized spacial score (nSPS) is 15.0. The number of aromatic nitrogens is 2. The highest BCUT2D eigenvalue weighted by Crippen LogP contribution is 2.22. The van der Waals surface area contributed by atoms with E-state index in [-0.39, 0.29) is 30.1 Å². The molecule has 3 aromatic rings. The zero-order valence-electron chi connectivity index (χ0n) is 20.8. The van der Waals surface area contributed by atoms with E-state index in [9.17, 15) is 14.4 Å². The van der Waals surface area contributed by atoms with Gasteiger partial charge in [-0.3, -0.25) is 19.7 Å². The molecule has 1 aromatic heterocycles. The third kappa shape index (κ3) is 7.60. The molecule has 1 atom stereocenters. The molecule has 4 rings (SSSR count). The summed E-state index contributed by atoms with van der Waals surface area (Å²) in [4.78, 5) is 39.1. The highest BCUT2D eigenvalue weighted by molar-refractivity contribution is 7.15. The molecule has 9 nitrogen and oxygen atoms in total. The van der Waals surface area contributed by atoms with Gasteiger partial charge in [0, 0.05) is 37.2 Å². The number of rotatable bonds is 12. The molecule has 2 aromatic carbocycles. The van der Waals surface area contributed by atoms with Crippen LogP contribution in [0.2, 0.25) is 0 Å². The van der Waals surface area contributed by atoms with E-state index >= 15 is 0 Å². The lowest BCUT2D eigenvalue weighted by molar-refractivity contribution is -0.128. The number of para-hydroxylation sites is 1. The molecule has 10 heteroatoms. The van der Waals surface area contributed by atoms with Crippen LogP contribution in [0, 0.1) is 5.92 Å². The molecule has 1 saturated heterocycles. The number of carbonyl (C=O) groups excluding carboxylic acids is 3. The molecule has 0 saturated carbocycles. The lowest BCUT2D eigenvalue weighted by Gasteiger charge is -2.16. The molecular weight excluding hydrogens is 490 g/mol. The van der Waals surface area contributed by atoms with E-state index in [1.54, 1.807) is 29.2 Å². The molecule has 1 aliphatic heterocycles. The Bertz CT molecular complexity index is 1200. The summed E-state index contributed by atoms with van der Waals surface area (Å²) in [6, 6.07) is 16.3. The maximum Gasteiger partial charge on any atom is 0.257 e. The summed E-state index contributed by atoms with van der Waals surface area (Å²) in [6.45, 7) is 3.80. The van der Waals surface area contributed by atoms with Gasteiger partial charge in [-0.1, -0.05) is 42.9 Å². The number of likely N-dealkylation sites (tertiary alicyclic amines) is 1. The molecule has 1 fully saturated rings. The average molecular weight is 522 g/mol. The topological polar surface area (TPSA) is 114 Å². The zero-order chi connectivity index (χ0) is 26.0. The van der Waals surface area contributed by atoms with E-state index in [0.29, 0.717) is 42.5 Å². The van der Waals surface area contributed by atoms with Gasteiger partial charge in [-0.25, -0.2) is 0 Å². The van der Waals surface area contributed by atoms with Crippen molar-refractivity contribution in [2.75, 3.05) is 30.3 Å². The SMILES string of the molecule is CCCCN1CC(C(=O)Nc2ccc(C(=O)Nc3nnc(CCCOc4ccccc4)s3)cc2)CC1=O. The summed E-state index contributed by atoms with van der Waals surface area (Å²) < 4.78 is 5.69. The fourth-order valence-corrected chi connectivity index (χ4v) is 4.74. The molecule has 0 spiro atoms. The Hall–Kier alpha value is -3.79. The summed E-state index contributed by atoms with van der Waals surface area (Å²) in [6.07, 6.45) is 3.67. The van der Waals surface area contributed by atoms with Crippen LogP contribution in [0.1, 0.15) is 48.0 Å². The molecular formula is C27H31N5O4S. The van der Waals surface area contributed by atoms with Crippen LogP contribution in [0.15, 0.2) is 54.6 Å². The highest BCUT2D eigenvalue weighted by atomic mass is 32.1. The summed E-state index contributed by atoms with van der Waals surface area (Å²) >= 11 is 1.33. The van der Waals surface area contributed by atoms with E-state index in [1.165, 1.54) is 11.3 Å². The van der Waals surface area contributed by atoms with Crippen LogP contribution >= 0.6 is 11.3 Å². The van der Waals surface area contributed by atoms with Crippen molar-refractivity contribution in [3.8, 4) is 5.75 Å². The molecule has 194 valence electrons. The van der Waals surface area contributed by atoms with Crippen molar-refractivity contribution >= 4 is 39.9 Å². The van der Waals surface area contributed by atoms with Gasteiger partial charge in [-0.15, -0.1) is 10.2 Å². The molecule has 1 unspecified atom stereocenters. The van der Waals surface area contributed by atoms with Crippen molar-refractivity contribution in [3.63, 3.8) is 0 Å². The van der Waals surface area contributed by atoms with Gasteiger partial charge in [0.15, 0.2) is 0 Å². The molecule has 2 heterocycles. The third-order valence-electron chi connectivity index (χ3n) is 6.02. The Morgan fingerprint density at radius 2 is 1.84 bits per heavy atom. The van der Waals surface area contributed by atoms with Crippen molar-refractivity contribution in [1.82, 2.24) is 15.1 Å². The molecule has 37 heavy (non-hydrogen) atoms. The van der Waals surface area contributed by atoms with Crippen LogP contribution < -0.4 is 15.4 Å². The van der Waals surface area contributed by atoms with Gasteiger partial charge < -0.3 is 15.0 Å². The summed E-state index contributed by atoms with van der Waals surface area (Å²) in [5.41, 5.74) is 1.02. The minimum absolute atomic E-state index is 0.0287. The second-order valence-corrected chi connectivity index (χ2v) is 9.94. The van der Waals surface area contributed by atoms with Crippen molar-refractivity contribution < 1.29 is 19.1 Å². The standard InChI is InChI=1S/C27H31N5O4S/c1-2-3-15-32-18-20(17-24(32)33)26(35)28-21-13-11-19(12-14-21)25(34)29-27-31-30-23(37-27)10-7-16-36-22-8-5-4-6-9-22/h4-6,8-9,11-14,20H,2-3,7,10,15-18H2,1H3,(H,28,35)(H,29,31,34). The largest absolute Gasteiger partial charge is 0.494 e. The number of aryl methyl sites for hydroxylation is 1. The van der Waals surface area contributed by atoms with E-state index in [4.69, 9.17) is 4.74 Å². The Kier molecular flexibility index (Phi) is 9.20. The van der Waals surface area contributed by atoms with Crippen molar-refractivity contribution in [2.45, 2.75) is 39.0 Å². The third-order valence-corrected chi connectivity index (χ3v) is 6.91. The summed E-state index contributed by atoms with van der Waals surface area (Å²) in [5, 5.41) is 15.1. The minimum Gasteiger partial charge on any atom is -0.494 e. The van der Waals surface area contributed by atoms with Crippen LogP contribution in [0.4, 0.5) is 10.8 Å². The Balaban J connectivity index is 1.21. The fourth-order valence-electron chi connectivity index (χ4n) is 3.97. The van der Waals surface area contributed by atoms with Crippen molar-refractivity contribution in [1.29, 1.82) is 0 Å². The second kappa shape index (κ2) is 13.0. The second-order valence-electron chi connectivity index (χ2n) is 8.88. The van der Waals surface area contributed by atoms with Gasteiger partial charge in [0.25, 0.3) is 5.91 Å². The molecule has 2 N–H and O–H groups in total. The smallest absolute Gasteiger partial charge is 0.257 e. The van der Waals surface area contributed by atoms with E-state index < -0.39 is 0 Å². The van der Waals surface area contributed by atoms with E-state index in [1.807, 2.05) is 30.3 Å². The molecule has 0 radical (unpaired) electrons. The zero-order valence-corrected chi connectivity index (χ0v) is 21.6. The van der Waals surface area contributed by atoms with E-state index in [2.05, 4.69) is 27.8 Å². The van der Waals surface area contributed by atoms with Crippen LogP contribution in [-0.4, -0.2) is 52.5 Å². The number of amides is 3. The van der Waals surface area contributed by atoms with Gasteiger partial charge in [-0.05, 0) is 49.2 Å². The first kappa shape index (κ1) is 26.3. The maximum absolute atomic E-state index is 12.6. The minimum atomic E-state index is -0.358. The number of carbonyl (C=O) groups is 3. The van der Waals surface area contributed by atoms with Gasteiger partial charge in [0.05, 0.1) is 12.5 Å². The first-order valence-corrected chi connectivity index (χ1v) is 13.3. The van der Waals surface area contributed by atoms with Crippen LogP contribution in [-0.2, 0) is 16.0 Å². The van der Waals surface area contributed by atoms with Crippen molar-refractivity contribution in [3.05, 3.63) is 65.2 Å². The first-order valence-electron chi connectivity index (χ1n) is 12.5. The predicted octanol–water partition coefficient (Wildman–Crippen LogP) is 4.39. The Morgan fingerprint density at radius 3 is 2.59 bits per heavy atom. The number of ether oxygens (including phenoxy) is 1. The van der Waals surface area contributed by atoms with Gasteiger partial charge in [0.2, 0.25) is 16.9 Å². The molecule has 0 bridgehead atoms. The average Bonchev–Trinajstić information content (AvgIpc) is 3.52.